The van der Waals surface area contributed by atoms with E-state index in [4.69, 9.17) is 32.9 Å². The fourth-order valence-corrected chi connectivity index (χ4v) is 7.94. The first-order valence-corrected chi connectivity index (χ1v) is 16.1. The maximum Gasteiger partial charge on any atom is 0.319 e. The Labute approximate surface area is 260 Å². The van der Waals surface area contributed by atoms with Crippen molar-refractivity contribution in [2.75, 3.05) is 37.7 Å². The molecule has 0 radical (unpaired) electrons. The molecule has 1 saturated carbocycles. The Morgan fingerprint density at radius 3 is 2.72 bits per heavy atom. The average molecular weight is 633 g/mol. The zero-order valence-electron chi connectivity index (χ0n) is 24.3. The fourth-order valence-electron chi connectivity index (χ4n) is 7.42. The Bertz CT molecular complexity index is 1520. The van der Waals surface area contributed by atoms with Crippen LogP contribution in [-0.4, -0.2) is 76.6 Å². The molecule has 5 heterocycles. The summed E-state index contributed by atoms with van der Waals surface area (Å²) in [4.78, 5) is 13.7. The molecule has 4 atom stereocenters. The first kappa shape index (κ1) is 29.3. The highest BCUT2D eigenvalue weighted by Gasteiger charge is 2.49. The van der Waals surface area contributed by atoms with Gasteiger partial charge in [0.2, 0.25) is 0 Å². The summed E-state index contributed by atoms with van der Waals surface area (Å²) in [6.45, 7) is 4.94. The van der Waals surface area contributed by atoms with Gasteiger partial charge < -0.3 is 20.1 Å². The van der Waals surface area contributed by atoms with Gasteiger partial charge in [0.15, 0.2) is 5.82 Å². The SMILES string of the molecule is C\C(=C(Cl)/C=C(O)\C=C\c1c(Cl)cc2c(N3CC4CCC(C3)N4)nc(OC[C@@]34CCCN3C[C@H](F)C4)nc2c1F)C1CC1. The number of aliphatic hydroxyl groups is 1. The molecule has 0 spiro atoms. The second-order valence-corrected chi connectivity index (χ2v) is 13.7. The first-order chi connectivity index (χ1) is 20.7. The molecule has 2 aromatic rings. The number of alkyl halides is 1. The molecular formula is C32H37Cl2F2N5O2. The van der Waals surface area contributed by atoms with Gasteiger partial charge >= 0.3 is 6.01 Å². The number of hydrogen-bond donors (Lipinski definition) is 2. The number of hydrogen-bond acceptors (Lipinski definition) is 7. The van der Waals surface area contributed by atoms with E-state index in [0.717, 1.165) is 63.7 Å². The van der Waals surface area contributed by atoms with Crippen LogP contribution >= 0.6 is 23.2 Å². The lowest BCUT2D eigenvalue weighted by molar-refractivity contribution is 0.107. The molecule has 0 amide bonds. The second kappa shape index (κ2) is 11.5. The third-order valence-corrected chi connectivity index (χ3v) is 10.6. The van der Waals surface area contributed by atoms with Gasteiger partial charge in [0.25, 0.3) is 0 Å². The van der Waals surface area contributed by atoms with Crippen LogP contribution in [0.15, 0.2) is 34.6 Å². The molecule has 7 rings (SSSR count). The van der Waals surface area contributed by atoms with Crippen molar-refractivity contribution in [3.05, 3.63) is 51.0 Å². The summed E-state index contributed by atoms with van der Waals surface area (Å²) in [5.74, 6) is 0.319. The lowest BCUT2D eigenvalue weighted by atomic mass is 9.95. The zero-order valence-corrected chi connectivity index (χ0v) is 25.8. The molecule has 4 saturated heterocycles. The van der Waals surface area contributed by atoms with Gasteiger partial charge in [-0.25, -0.2) is 8.78 Å². The van der Waals surface area contributed by atoms with Crippen LogP contribution in [-0.2, 0) is 0 Å². The maximum atomic E-state index is 16.3. The first-order valence-electron chi connectivity index (χ1n) is 15.4. The molecule has 2 unspecified atom stereocenters. The summed E-state index contributed by atoms with van der Waals surface area (Å²) < 4.78 is 36.9. The van der Waals surface area contributed by atoms with E-state index in [-0.39, 0.29) is 40.0 Å². The van der Waals surface area contributed by atoms with Gasteiger partial charge in [-0.1, -0.05) is 28.8 Å². The van der Waals surface area contributed by atoms with Crippen molar-refractivity contribution in [3.8, 4) is 6.01 Å². The van der Waals surface area contributed by atoms with Crippen LogP contribution in [0.3, 0.4) is 0 Å². The molecule has 230 valence electrons. The molecule has 4 aliphatic heterocycles. The van der Waals surface area contributed by atoms with E-state index < -0.39 is 12.0 Å². The highest BCUT2D eigenvalue weighted by Crippen LogP contribution is 2.42. The number of nitrogens with zero attached hydrogens (tertiary/aromatic N) is 4. The second-order valence-electron chi connectivity index (χ2n) is 12.9. The van der Waals surface area contributed by atoms with Gasteiger partial charge in [0, 0.05) is 54.1 Å². The van der Waals surface area contributed by atoms with Crippen molar-refractivity contribution in [3.63, 3.8) is 0 Å². The third kappa shape index (κ3) is 5.74. The predicted octanol–water partition coefficient (Wildman–Crippen LogP) is 6.70. The zero-order chi connectivity index (χ0) is 29.9. The lowest BCUT2D eigenvalue weighted by Gasteiger charge is -2.34. The number of rotatable bonds is 8. The quantitative estimate of drug-likeness (QED) is 0.248. The fraction of sp³-hybridized carbons (Fsp3) is 0.562. The van der Waals surface area contributed by atoms with E-state index in [1.54, 1.807) is 6.07 Å². The third-order valence-electron chi connectivity index (χ3n) is 9.89. The average Bonchev–Trinajstić information content (AvgIpc) is 3.58. The Morgan fingerprint density at radius 2 is 1.98 bits per heavy atom. The standard InChI is InChI=1S/C32H37Cl2F2N5O2/c1-18(19-3-4-19)26(33)11-23(42)7-8-24-27(34)12-25-29(28(24)36)38-31(39-30(25)40-15-21-5-6-22(16-40)37-21)43-17-32-9-2-10-41(32)14-20(35)13-32/h7-8,11-12,19-22,37,42H,2-6,9-10,13-17H2,1H3/b8-7+,23-11+,26-18-/t20-,21?,22?,32+/m1/s1. The molecule has 5 aliphatic rings. The van der Waals surface area contributed by atoms with Gasteiger partial charge in [-0.3, -0.25) is 4.90 Å². The minimum absolute atomic E-state index is 0.0725. The van der Waals surface area contributed by atoms with Gasteiger partial charge in [-0.2, -0.15) is 9.97 Å². The van der Waals surface area contributed by atoms with E-state index >= 15 is 4.39 Å². The number of anilines is 1. The van der Waals surface area contributed by atoms with E-state index in [1.165, 1.54) is 18.2 Å². The minimum Gasteiger partial charge on any atom is -0.508 e. The van der Waals surface area contributed by atoms with Gasteiger partial charge in [-0.15, -0.1) is 0 Å². The van der Waals surface area contributed by atoms with E-state index in [0.29, 0.717) is 47.2 Å². The van der Waals surface area contributed by atoms with Crippen LogP contribution in [0, 0.1) is 11.7 Å². The maximum absolute atomic E-state index is 16.3. The van der Waals surface area contributed by atoms with Crippen molar-refractivity contribution in [1.82, 2.24) is 20.2 Å². The van der Waals surface area contributed by atoms with Crippen LogP contribution in [0.25, 0.3) is 17.0 Å². The van der Waals surface area contributed by atoms with Gasteiger partial charge in [-0.05, 0) is 82.2 Å². The number of fused-ring (bicyclic) bond motifs is 4. The minimum atomic E-state index is -0.879. The largest absolute Gasteiger partial charge is 0.508 e. The summed E-state index contributed by atoms with van der Waals surface area (Å²) in [6.07, 6.45) is 10.0. The summed E-state index contributed by atoms with van der Waals surface area (Å²) in [5, 5.41) is 15.3. The van der Waals surface area contributed by atoms with Crippen molar-refractivity contribution in [1.29, 1.82) is 0 Å². The molecule has 2 N–H and O–H groups in total. The van der Waals surface area contributed by atoms with Crippen LogP contribution in [0.4, 0.5) is 14.6 Å². The summed E-state index contributed by atoms with van der Waals surface area (Å²) in [7, 11) is 0. The van der Waals surface area contributed by atoms with Crippen LogP contribution in [0.1, 0.15) is 57.4 Å². The molecule has 1 aromatic carbocycles. The molecule has 2 bridgehead atoms. The normalized spacial score (nSPS) is 30.0. The van der Waals surface area contributed by atoms with Crippen LogP contribution < -0.4 is 15.0 Å². The molecule has 5 fully saturated rings. The molecule has 43 heavy (non-hydrogen) atoms. The number of aliphatic hydroxyl groups excluding tert-OH is 1. The summed E-state index contributed by atoms with van der Waals surface area (Å²) in [6, 6.07) is 2.43. The number of nitrogens with one attached hydrogen (secondary N) is 1. The smallest absolute Gasteiger partial charge is 0.319 e. The molecule has 7 nitrogen and oxygen atoms in total. The number of ether oxygens (including phenoxy) is 1. The molecule has 1 aromatic heterocycles. The number of halogens is 4. The van der Waals surface area contributed by atoms with Crippen LogP contribution in [0.2, 0.25) is 5.02 Å². The van der Waals surface area contributed by atoms with Crippen molar-refractivity contribution in [2.45, 2.75) is 75.7 Å². The van der Waals surface area contributed by atoms with Crippen molar-refractivity contribution < 1.29 is 18.6 Å². The number of allylic oxidation sites excluding steroid dienone is 4. The van der Waals surface area contributed by atoms with E-state index in [9.17, 15) is 9.50 Å². The summed E-state index contributed by atoms with van der Waals surface area (Å²) >= 11 is 13.0. The Balaban J connectivity index is 1.24. The Hall–Kier alpha value is -2.46. The number of benzene rings is 1. The van der Waals surface area contributed by atoms with Gasteiger partial charge in [0.05, 0.1) is 10.6 Å². The van der Waals surface area contributed by atoms with Gasteiger partial charge in [0.1, 0.15) is 29.9 Å². The Kier molecular flexibility index (Phi) is 7.81. The molecular weight excluding hydrogens is 595 g/mol. The van der Waals surface area contributed by atoms with Crippen molar-refractivity contribution in [2.24, 2.45) is 5.92 Å². The van der Waals surface area contributed by atoms with E-state index in [2.05, 4.69) is 20.1 Å². The van der Waals surface area contributed by atoms with Crippen LogP contribution in [0.5, 0.6) is 6.01 Å². The highest BCUT2D eigenvalue weighted by atomic mass is 35.5. The highest BCUT2D eigenvalue weighted by molar-refractivity contribution is 6.33. The number of aromatic nitrogens is 2. The predicted molar refractivity (Wildman–Crippen MR) is 166 cm³/mol. The monoisotopic (exact) mass is 631 g/mol. The van der Waals surface area contributed by atoms with E-state index in [1.807, 2.05) is 6.92 Å². The Morgan fingerprint density at radius 1 is 1.21 bits per heavy atom. The summed E-state index contributed by atoms with van der Waals surface area (Å²) in [5.41, 5.74) is 0.849. The molecule has 11 heteroatoms. The topological polar surface area (TPSA) is 73.8 Å². The van der Waals surface area contributed by atoms with Crippen molar-refractivity contribution >= 4 is 46.0 Å². The lowest BCUT2D eigenvalue weighted by Crippen LogP contribution is -2.51. The number of piperazine rings is 1. The molecule has 1 aliphatic carbocycles.